The fraction of sp³-hybridized carbons (Fsp3) is 0.760. The van der Waals surface area contributed by atoms with Crippen molar-refractivity contribution in [3.05, 3.63) is 16.0 Å². The van der Waals surface area contributed by atoms with Crippen LogP contribution < -0.4 is 10.6 Å². The molecule has 6 aliphatic rings. The van der Waals surface area contributed by atoms with Crippen LogP contribution >= 0.6 is 11.3 Å². The van der Waals surface area contributed by atoms with Crippen LogP contribution in [0.1, 0.15) is 85.5 Å². The van der Waals surface area contributed by atoms with Gasteiger partial charge in [0, 0.05) is 10.9 Å². The maximum Gasteiger partial charge on any atom is 0.254 e. The lowest BCUT2D eigenvalue weighted by molar-refractivity contribution is -0.127. The zero-order valence-electron chi connectivity index (χ0n) is 18.5. The maximum absolute atomic E-state index is 13.6. The van der Waals surface area contributed by atoms with E-state index in [0.29, 0.717) is 25.0 Å². The minimum absolute atomic E-state index is 0.00295. The normalized spacial score (nSPS) is 38.2. The van der Waals surface area contributed by atoms with Crippen molar-refractivity contribution >= 4 is 28.2 Å². The topological polar surface area (TPSA) is 67.4 Å². The largest absolute Gasteiger partial charge is 0.376 e. The van der Waals surface area contributed by atoms with Crippen molar-refractivity contribution in [2.45, 2.75) is 83.8 Å². The molecule has 0 spiro atoms. The number of amides is 2. The van der Waals surface area contributed by atoms with Crippen molar-refractivity contribution in [3.63, 3.8) is 0 Å². The van der Waals surface area contributed by atoms with Gasteiger partial charge in [0.25, 0.3) is 5.91 Å². The van der Waals surface area contributed by atoms with Crippen LogP contribution in [0.2, 0.25) is 0 Å². The van der Waals surface area contributed by atoms with Gasteiger partial charge in [-0.15, -0.1) is 11.3 Å². The molecule has 2 unspecified atom stereocenters. The number of nitrogens with one attached hydrogen (secondary N) is 2. The van der Waals surface area contributed by atoms with E-state index < -0.39 is 0 Å². The summed E-state index contributed by atoms with van der Waals surface area (Å²) in [4.78, 5) is 28.3. The van der Waals surface area contributed by atoms with E-state index in [2.05, 4.69) is 17.6 Å². The first-order chi connectivity index (χ1) is 15.0. The van der Waals surface area contributed by atoms with Crippen molar-refractivity contribution in [2.24, 2.45) is 29.1 Å². The molecule has 5 nitrogen and oxygen atoms in total. The molecule has 2 amide bonds. The predicted octanol–water partition coefficient (Wildman–Crippen LogP) is 4.89. The average Bonchev–Trinajstić information content (AvgIpc) is 3.33. The number of anilines is 1. The number of rotatable bonds is 4. The summed E-state index contributed by atoms with van der Waals surface area (Å²) in [5, 5.41) is 7.41. The average molecular weight is 443 g/mol. The third kappa shape index (κ3) is 3.28. The highest BCUT2D eigenvalue weighted by atomic mass is 32.1. The van der Waals surface area contributed by atoms with Gasteiger partial charge in [-0.2, -0.15) is 0 Å². The van der Waals surface area contributed by atoms with Gasteiger partial charge in [0.15, 0.2) is 0 Å². The van der Waals surface area contributed by atoms with E-state index in [1.54, 1.807) is 11.3 Å². The quantitative estimate of drug-likeness (QED) is 0.697. The first-order valence-corrected chi connectivity index (χ1v) is 13.2. The highest BCUT2D eigenvalue weighted by Crippen LogP contribution is 2.65. The summed E-state index contributed by atoms with van der Waals surface area (Å²) >= 11 is 1.57. The molecular formula is C25H34N2O3S. The zero-order valence-corrected chi connectivity index (χ0v) is 19.3. The lowest BCUT2D eigenvalue weighted by atomic mass is 9.75. The minimum atomic E-state index is -0.180. The first kappa shape index (κ1) is 20.2. The van der Waals surface area contributed by atoms with Crippen LogP contribution in [-0.4, -0.2) is 24.5 Å². The Labute approximate surface area is 188 Å². The smallest absolute Gasteiger partial charge is 0.254 e. The van der Waals surface area contributed by atoms with Crippen LogP contribution in [-0.2, 0) is 22.6 Å². The number of hydrogen-bond donors (Lipinski definition) is 2. The van der Waals surface area contributed by atoms with Crippen molar-refractivity contribution in [2.75, 3.05) is 11.9 Å². The van der Waals surface area contributed by atoms with Crippen LogP contribution in [0.5, 0.6) is 0 Å². The zero-order chi connectivity index (χ0) is 21.2. The number of carbonyl (C=O) groups is 2. The molecule has 5 aliphatic carbocycles. The van der Waals surface area contributed by atoms with Gasteiger partial charge in [-0.25, -0.2) is 0 Å². The molecular weight excluding hydrogens is 408 g/mol. The molecule has 2 heterocycles. The second-order valence-corrected chi connectivity index (χ2v) is 12.1. The first-order valence-electron chi connectivity index (χ1n) is 12.4. The SMILES string of the molecule is C[C@H]1CCCC[C@H]1NC(=O)c1c(NC(=O)C23CC4CC(CC2C4)C3)sc2c1CCOC2. The Morgan fingerprint density at radius 3 is 2.65 bits per heavy atom. The second kappa shape index (κ2) is 7.58. The molecule has 0 saturated heterocycles. The molecule has 0 aromatic carbocycles. The number of thiophene rings is 1. The predicted molar refractivity (Wildman–Crippen MR) is 121 cm³/mol. The maximum atomic E-state index is 13.6. The van der Waals surface area contributed by atoms with Crippen molar-refractivity contribution in [1.29, 1.82) is 0 Å². The van der Waals surface area contributed by atoms with Crippen LogP contribution in [0.15, 0.2) is 0 Å². The van der Waals surface area contributed by atoms with Crippen LogP contribution in [0, 0.1) is 29.1 Å². The minimum Gasteiger partial charge on any atom is -0.376 e. The highest BCUT2D eigenvalue weighted by Gasteiger charge is 2.61. The fourth-order valence-electron chi connectivity index (χ4n) is 7.73. The summed E-state index contributed by atoms with van der Waals surface area (Å²) in [7, 11) is 0. The monoisotopic (exact) mass is 442 g/mol. The second-order valence-electron chi connectivity index (χ2n) is 11.0. The van der Waals surface area contributed by atoms with Crippen LogP contribution in [0.3, 0.4) is 0 Å². The Morgan fingerprint density at radius 1 is 1.10 bits per heavy atom. The highest BCUT2D eigenvalue weighted by molar-refractivity contribution is 7.17. The van der Waals surface area contributed by atoms with E-state index in [1.165, 1.54) is 38.5 Å². The number of ether oxygens (including phenoxy) is 1. The van der Waals surface area contributed by atoms with E-state index in [1.807, 2.05) is 0 Å². The number of carbonyl (C=O) groups excluding carboxylic acids is 2. The van der Waals surface area contributed by atoms with E-state index >= 15 is 0 Å². The lowest BCUT2D eigenvalue weighted by Crippen LogP contribution is -2.42. The summed E-state index contributed by atoms with van der Waals surface area (Å²) < 4.78 is 5.67. The fourth-order valence-corrected chi connectivity index (χ4v) is 8.90. The Balaban J connectivity index is 1.28. The molecule has 4 bridgehead atoms. The van der Waals surface area contributed by atoms with Crippen molar-refractivity contribution in [3.8, 4) is 0 Å². The molecule has 1 aliphatic heterocycles. The molecule has 4 atom stereocenters. The van der Waals surface area contributed by atoms with E-state index in [9.17, 15) is 9.59 Å². The molecule has 168 valence electrons. The summed E-state index contributed by atoms with van der Waals surface area (Å²) in [6.07, 6.45) is 11.3. The lowest BCUT2D eigenvalue weighted by Gasteiger charge is -2.31. The van der Waals surface area contributed by atoms with Crippen molar-refractivity contribution < 1.29 is 14.3 Å². The standard InChI is InChI=1S/C25H34N2O3S/c1-14-4-2-3-5-19(14)26-22(28)21-18-6-7-30-13-20(18)31-23(21)27-24(29)25-11-15-8-16(12-25)10-17(25)9-15/h14-17,19H,2-13H2,1H3,(H,26,28)(H,27,29)/t14-,15?,16?,17?,19+,25?/m0/s1. The molecule has 5 saturated carbocycles. The molecule has 0 radical (unpaired) electrons. The van der Waals surface area contributed by atoms with Crippen LogP contribution in [0.25, 0.3) is 0 Å². The molecule has 7 rings (SSSR count). The molecule has 31 heavy (non-hydrogen) atoms. The number of fused-ring (bicyclic) bond motifs is 1. The summed E-state index contributed by atoms with van der Waals surface area (Å²) in [5.74, 6) is 2.73. The Hall–Kier alpha value is -1.40. The third-order valence-corrected chi connectivity index (χ3v) is 10.3. The summed E-state index contributed by atoms with van der Waals surface area (Å²) in [5.41, 5.74) is 1.64. The summed E-state index contributed by atoms with van der Waals surface area (Å²) in [6, 6.07) is 0.236. The van der Waals surface area contributed by atoms with E-state index in [0.717, 1.165) is 58.5 Å². The third-order valence-electron chi connectivity index (χ3n) is 9.14. The molecule has 1 aromatic heterocycles. The molecule has 1 aromatic rings. The van der Waals surface area contributed by atoms with Gasteiger partial charge in [-0.1, -0.05) is 19.8 Å². The van der Waals surface area contributed by atoms with Crippen molar-refractivity contribution in [1.82, 2.24) is 5.32 Å². The Bertz CT molecular complexity index is 895. The molecule has 2 N–H and O–H groups in total. The van der Waals surface area contributed by atoms with Gasteiger partial charge in [-0.05, 0) is 80.6 Å². The Morgan fingerprint density at radius 2 is 1.87 bits per heavy atom. The van der Waals surface area contributed by atoms with Crippen LogP contribution in [0.4, 0.5) is 5.00 Å². The van der Waals surface area contributed by atoms with E-state index in [-0.39, 0.29) is 23.3 Å². The van der Waals surface area contributed by atoms with Gasteiger partial charge < -0.3 is 15.4 Å². The van der Waals surface area contributed by atoms with Gasteiger partial charge in [-0.3, -0.25) is 9.59 Å². The van der Waals surface area contributed by atoms with Gasteiger partial charge in [0.2, 0.25) is 5.91 Å². The summed E-state index contributed by atoms with van der Waals surface area (Å²) in [6.45, 7) is 3.44. The number of hydrogen-bond acceptors (Lipinski definition) is 4. The van der Waals surface area contributed by atoms with E-state index in [4.69, 9.17) is 4.74 Å². The van der Waals surface area contributed by atoms with Gasteiger partial charge >= 0.3 is 0 Å². The van der Waals surface area contributed by atoms with Gasteiger partial charge in [0.05, 0.1) is 24.2 Å². The Kier molecular flexibility index (Phi) is 4.95. The molecule has 6 heteroatoms. The molecule has 5 fully saturated rings. The van der Waals surface area contributed by atoms with Gasteiger partial charge in [0.1, 0.15) is 5.00 Å².